The van der Waals surface area contributed by atoms with Crippen LogP contribution in [0.5, 0.6) is 0 Å². The lowest BCUT2D eigenvalue weighted by molar-refractivity contribution is 0.102. The smallest absolute Gasteiger partial charge is 0.274 e. The van der Waals surface area contributed by atoms with Gasteiger partial charge in [0.15, 0.2) is 0 Å². The van der Waals surface area contributed by atoms with Crippen LogP contribution in [0.1, 0.15) is 17.4 Å². The highest BCUT2D eigenvalue weighted by molar-refractivity contribution is 6.03. The molecule has 92 valence electrons. The van der Waals surface area contributed by atoms with E-state index in [0.29, 0.717) is 11.4 Å². The molecule has 2 rings (SSSR count). The molecule has 0 bridgehead atoms. The number of aromatic nitrogens is 3. The normalized spacial score (nSPS) is 9.83. The molecule has 18 heavy (non-hydrogen) atoms. The zero-order chi connectivity index (χ0) is 12.8. The van der Waals surface area contributed by atoms with E-state index >= 15 is 0 Å². The van der Waals surface area contributed by atoms with E-state index in [9.17, 15) is 4.79 Å². The van der Waals surface area contributed by atoms with Crippen molar-refractivity contribution in [2.45, 2.75) is 6.92 Å². The van der Waals surface area contributed by atoms with Crippen LogP contribution in [-0.2, 0) is 0 Å². The van der Waals surface area contributed by atoms with Gasteiger partial charge in [0.1, 0.15) is 12.0 Å². The quantitative estimate of drug-likeness (QED) is 0.851. The zero-order valence-electron chi connectivity index (χ0n) is 9.92. The summed E-state index contributed by atoms with van der Waals surface area (Å²) < 4.78 is 0. The number of hydrogen-bond acceptors (Lipinski definition) is 5. The van der Waals surface area contributed by atoms with Crippen LogP contribution in [0.3, 0.4) is 0 Å². The molecule has 2 aromatic heterocycles. The van der Waals surface area contributed by atoms with E-state index in [0.717, 1.165) is 12.2 Å². The summed E-state index contributed by atoms with van der Waals surface area (Å²) in [5, 5.41) is 5.80. The summed E-state index contributed by atoms with van der Waals surface area (Å²) in [6, 6.07) is 3.51. The Hall–Kier alpha value is -2.50. The fraction of sp³-hybridized carbons (Fsp3) is 0.167. The van der Waals surface area contributed by atoms with Crippen LogP contribution in [0.15, 0.2) is 37.1 Å². The van der Waals surface area contributed by atoms with Crippen molar-refractivity contribution in [1.29, 1.82) is 0 Å². The van der Waals surface area contributed by atoms with E-state index in [4.69, 9.17) is 0 Å². The van der Waals surface area contributed by atoms with Crippen molar-refractivity contribution in [2.75, 3.05) is 17.2 Å². The van der Waals surface area contributed by atoms with Crippen molar-refractivity contribution in [3.63, 3.8) is 0 Å². The molecular weight excluding hydrogens is 230 g/mol. The lowest BCUT2D eigenvalue weighted by Gasteiger charge is -2.06. The highest BCUT2D eigenvalue weighted by Gasteiger charge is 2.08. The molecule has 0 fully saturated rings. The van der Waals surface area contributed by atoms with Crippen molar-refractivity contribution in [2.24, 2.45) is 0 Å². The van der Waals surface area contributed by atoms with E-state index in [2.05, 4.69) is 25.6 Å². The molecule has 0 saturated heterocycles. The number of nitrogens with zero attached hydrogens (tertiary/aromatic N) is 3. The fourth-order valence-corrected chi connectivity index (χ4v) is 1.43. The SMILES string of the molecule is CCNc1ccnc(C(=O)Nc2cncnc2)c1. The van der Waals surface area contributed by atoms with E-state index in [-0.39, 0.29) is 5.91 Å². The van der Waals surface area contributed by atoms with Gasteiger partial charge in [-0.25, -0.2) is 9.97 Å². The van der Waals surface area contributed by atoms with Gasteiger partial charge in [0.2, 0.25) is 0 Å². The highest BCUT2D eigenvalue weighted by atomic mass is 16.1. The maximum Gasteiger partial charge on any atom is 0.274 e. The third kappa shape index (κ3) is 3.00. The van der Waals surface area contributed by atoms with Gasteiger partial charge in [0.25, 0.3) is 5.91 Å². The van der Waals surface area contributed by atoms with Crippen LogP contribution in [0.25, 0.3) is 0 Å². The summed E-state index contributed by atoms with van der Waals surface area (Å²) in [4.78, 5) is 23.6. The number of hydrogen-bond donors (Lipinski definition) is 2. The Morgan fingerprint density at radius 3 is 2.78 bits per heavy atom. The predicted octanol–water partition coefficient (Wildman–Crippen LogP) is 1.56. The molecule has 0 aliphatic heterocycles. The van der Waals surface area contributed by atoms with Crippen LogP contribution >= 0.6 is 0 Å². The van der Waals surface area contributed by atoms with Crippen molar-refractivity contribution in [3.8, 4) is 0 Å². The molecule has 0 aliphatic carbocycles. The lowest BCUT2D eigenvalue weighted by atomic mass is 10.3. The second-order valence-electron chi connectivity index (χ2n) is 3.54. The number of rotatable bonds is 4. The third-order valence-electron chi connectivity index (χ3n) is 2.19. The van der Waals surface area contributed by atoms with Crippen molar-refractivity contribution in [1.82, 2.24) is 15.0 Å². The number of carbonyl (C=O) groups is 1. The average molecular weight is 243 g/mol. The summed E-state index contributed by atoms with van der Waals surface area (Å²) in [6.45, 7) is 2.78. The Balaban J connectivity index is 2.11. The number of carbonyl (C=O) groups excluding carboxylic acids is 1. The minimum absolute atomic E-state index is 0.287. The minimum atomic E-state index is -0.287. The largest absolute Gasteiger partial charge is 0.385 e. The van der Waals surface area contributed by atoms with Gasteiger partial charge >= 0.3 is 0 Å². The maximum atomic E-state index is 11.9. The summed E-state index contributed by atoms with van der Waals surface area (Å²) in [5.41, 5.74) is 1.75. The molecule has 2 aromatic rings. The summed E-state index contributed by atoms with van der Waals surface area (Å²) in [6.07, 6.45) is 6.05. The second kappa shape index (κ2) is 5.72. The first-order chi connectivity index (χ1) is 8.79. The first kappa shape index (κ1) is 12.0. The summed E-state index contributed by atoms with van der Waals surface area (Å²) in [7, 11) is 0. The summed E-state index contributed by atoms with van der Waals surface area (Å²) in [5.74, 6) is -0.287. The van der Waals surface area contributed by atoms with Crippen LogP contribution in [-0.4, -0.2) is 27.4 Å². The maximum absolute atomic E-state index is 11.9. The van der Waals surface area contributed by atoms with Crippen LogP contribution < -0.4 is 10.6 Å². The molecule has 0 aliphatic rings. The second-order valence-corrected chi connectivity index (χ2v) is 3.54. The molecule has 0 aromatic carbocycles. The predicted molar refractivity (Wildman–Crippen MR) is 68.4 cm³/mol. The van der Waals surface area contributed by atoms with Gasteiger partial charge in [-0.2, -0.15) is 0 Å². The van der Waals surface area contributed by atoms with Crippen LogP contribution in [0.2, 0.25) is 0 Å². The Kier molecular flexibility index (Phi) is 3.80. The lowest BCUT2D eigenvalue weighted by Crippen LogP contribution is -2.14. The third-order valence-corrected chi connectivity index (χ3v) is 2.19. The van der Waals surface area contributed by atoms with E-state index in [1.54, 1.807) is 12.3 Å². The molecule has 0 atom stereocenters. The molecule has 6 nitrogen and oxygen atoms in total. The molecule has 0 radical (unpaired) electrons. The molecular formula is C12H13N5O. The van der Waals surface area contributed by atoms with Crippen molar-refractivity contribution in [3.05, 3.63) is 42.7 Å². The number of nitrogens with one attached hydrogen (secondary N) is 2. The van der Waals surface area contributed by atoms with Gasteiger partial charge < -0.3 is 10.6 Å². The van der Waals surface area contributed by atoms with Gasteiger partial charge in [0.05, 0.1) is 18.1 Å². The van der Waals surface area contributed by atoms with Gasteiger partial charge in [-0.05, 0) is 19.1 Å². The van der Waals surface area contributed by atoms with Crippen molar-refractivity contribution >= 4 is 17.3 Å². The van der Waals surface area contributed by atoms with Gasteiger partial charge in [-0.1, -0.05) is 0 Å². The Labute approximate surface area is 105 Å². The Bertz CT molecular complexity index is 529. The van der Waals surface area contributed by atoms with Crippen molar-refractivity contribution < 1.29 is 4.79 Å². The average Bonchev–Trinajstić information content (AvgIpc) is 2.40. The molecule has 2 heterocycles. The van der Waals surface area contributed by atoms with E-state index < -0.39 is 0 Å². The first-order valence-corrected chi connectivity index (χ1v) is 5.56. The fourth-order valence-electron chi connectivity index (χ4n) is 1.43. The highest BCUT2D eigenvalue weighted by Crippen LogP contribution is 2.09. The van der Waals surface area contributed by atoms with E-state index in [1.807, 2.05) is 13.0 Å². The minimum Gasteiger partial charge on any atom is -0.385 e. The van der Waals surface area contributed by atoms with Gasteiger partial charge in [-0.3, -0.25) is 9.78 Å². The number of pyridine rings is 1. The standard InChI is InChI=1S/C12H13N5O/c1-2-15-9-3-4-16-11(5-9)12(18)17-10-6-13-8-14-7-10/h3-8H,2H2,1H3,(H,15,16)(H,17,18). The van der Waals surface area contributed by atoms with Gasteiger partial charge in [-0.15, -0.1) is 0 Å². The van der Waals surface area contributed by atoms with Crippen LogP contribution in [0, 0.1) is 0 Å². The zero-order valence-corrected chi connectivity index (χ0v) is 9.92. The molecule has 0 unspecified atom stereocenters. The van der Waals surface area contributed by atoms with Gasteiger partial charge in [0, 0.05) is 18.4 Å². The first-order valence-electron chi connectivity index (χ1n) is 5.56. The molecule has 0 saturated carbocycles. The van der Waals surface area contributed by atoms with Crippen LogP contribution in [0.4, 0.5) is 11.4 Å². The Morgan fingerprint density at radius 2 is 2.06 bits per heavy atom. The molecule has 2 N–H and O–H groups in total. The monoisotopic (exact) mass is 243 g/mol. The van der Waals surface area contributed by atoms with E-state index in [1.165, 1.54) is 18.7 Å². The molecule has 6 heteroatoms. The topological polar surface area (TPSA) is 79.8 Å². The molecule has 1 amide bonds. The Morgan fingerprint density at radius 1 is 1.28 bits per heavy atom. The summed E-state index contributed by atoms with van der Waals surface area (Å²) >= 11 is 0. The molecule has 0 spiro atoms. The number of anilines is 2. The number of amides is 1.